The number of hydrogen-bond acceptors (Lipinski definition) is 6. The summed E-state index contributed by atoms with van der Waals surface area (Å²) in [6.07, 6.45) is 28.3. The summed E-state index contributed by atoms with van der Waals surface area (Å²) in [5.74, 6) is -0.199. The largest absolute Gasteiger partial charge is 0.472 e. The Bertz CT molecular complexity index is 664. The first-order valence-corrected chi connectivity index (χ1v) is 18.3. The van der Waals surface area contributed by atoms with Crippen molar-refractivity contribution in [3.8, 4) is 0 Å². The highest BCUT2D eigenvalue weighted by Gasteiger charge is 2.26. The number of unbranched alkanes of at least 4 members (excludes halogenated alkanes) is 19. The summed E-state index contributed by atoms with van der Waals surface area (Å²) in [5.41, 5.74) is 5.33. The molecule has 244 valence electrons. The van der Waals surface area contributed by atoms with Crippen molar-refractivity contribution >= 4 is 13.7 Å². The van der Waals surface area contributed by atoms with Crippen LogP contribution in [0.25, 0.3) is 0 Å². The number of rotatable bonds is 31. The minimum atomic E-state index is -4.32. The summed E-state index contributed by atoms with van der Waals surface area (Å²) in [4.78, 5) is 22.4. The van der Waals surface area contributed by atoms with Gasteiger partial charge in [0.15, 0.2) is 0 Å². The van der Waals surface area contributed by atoms with Gasteiger partial charge in [0.2, 0.25) is 5.91 Å². The fraction of sp³-hybridized carbons (Fsp3) is 0.906. The molecule has 0 spiro atoms. The molecule has 0 radical (unpaired) electrons. The molecular weight excluding hydrogens is 539 g/mol. The van der Waals surface area contributed by atoms with Crippen molar-refractivity contribution in [2.24, 2.45) is 5.73 Å². The number of phosphoric ester groups is 1. The van der Waals surface area contributed by atoms with Crippen LogP contribution in [0.15, 0.2) is 12.2 Å². The smallest absolute Gasteiger partial charge is 0.387 e. The number of allylic oxidation sites excluding steroid dienone is 1. The fourth-order valence-electron chi connectivity index (χ4n) is 4.78. The summed E-state index contributed by atoms with van der Waals surface area (Å²) in [7, 11) is -4.32. The first-order chi connectivity index (χ1) is 19.9. The molecule has 0 aromatic rings. The third-order valence-electron chi connectivity index (χ3n) is 7.36. The van der Waals surface area contributed by atoms with Gasteiger partial charge in [-0.15, -0.1) is 0 Å². The van der Waals surface area contributed by atoms with Crippen molar-refractivity contribution in [1.82, 2.24) is 5.32 Å². The van der Waals surface area contributed by atoms with Gasteiger partial charge in [0, 0.05) is 13.0 Å². The van der Waals surface area contributed by atoms with Gasteiger partial charge >= 0.3 is 7.82 Å². The molecule has 0 aliphatic carbocycles. The van der Waals surface area contributed by atoms with E-state index in [1.165, 1.54) is 96.3 Å². The molecule has 0 saturated carbocycles. The summed E-state index contributed by atoms with van der Waals surface area (Å²) in [6, 6.07) is -0.850. The van der Waals surface area contributed by atoms with Crippen LogP contribution < -0.4 is 11.1 Å². The Balaban J connectivity index is 4.40. The Morgan fingerprint density at radius 2 is 1.24 bits per heavy atom. The zero-order valence-corrected chi connectivity index (χ0v) is 27.4. The average Bonchev–Trinajstić information content (AvgIpc) is 2.95. The summed E-state index contributed by atoms with van der Waals surface area (Å²) < 4.78 is 21.9. The van der Waals surface area contributed by atoms with E-state index in [1.807, 2.05) is 6.08 Å². The maximum atomic E-state index is 12.6. The Kier molecular flexibility index (Phi) is 28.8. The van der Waals surface area contributed by atoms with Crippen LogP contribution in [-0.4, -0.2) is 47.8 Å². The molecule has 0 aromatic carbocycles. The van der Waals surface area contributed by atoms with Crippen molar-refractivity contribution in [1.29, 1.82) is 0 Å². The molecule has 8 nitrogen and oxygen atoms in total. The quantitative estimate of drug-likeness (QED) is 0.0357. The van der Waals surface area contributed by atoms with E-state index in [0.29, 0.717) is 6.42 Å². The lowest BCUT2D eigenvalue weighted by molar-refractivity contribution is -0.123. The normalized spacial score (nSPS) is 14.8. The van der Waals surface area contributed by atoms with E-state index in [2.05, 4.69) is 19.2 Å². The Morgan fingerprint density at radius 3 is 1.73 bits per heavy atom. The van der Waals surface area contributed by atoms with E-state index in [4.69, 9.17) is 14.8 Å². The number of aliphatic hydroxyl groups is 1. The van der Waals surface area contributed by atoms with Crippen LogP contribution in [0.4, 0.5) is 0 Å². The van der Waals surface area contributed by atoms with Gasteiger partial charge in [0.1, 0.15) is 0 Å². The van der Waals surface area contributed by atoms with Crippen molar-refractivity contribution in [3.63, 3.8) is 0 Å². The maximum Gasteiger partial charge on any atom is 0.472 e. The molecule has 0 heterocycles. The van der Waals surface area contributed by atoms with Gasteiger partial charge in [0.05, 0.1) is 25.4 Å². The third kappa shape index (κ3) is 27.8. The van der Waals surface area contributed by atoms with E-state index in [9.17, 15) is 19.4 Å². The Hall–Kier alpha value is -0.760. The van der Waals surface area contributed by atoms with Gasteiger partial charge in [0.25, 0.3) is 0 Å². The fourth-order valence-corrected chi connectivity index (χ4v) is 5.54. The predicted octanol–water partition coefficient (Wildman–Crippen LogP) is 8.10. The molecule has 0 saturated heterocycles. The minimum absolute atomic E-state index is 0.0806. The van der Waals surface area contributed by atoms with Gasteiger partial charge in [-0.25, -0.2) is 4.57 Å². The van der Waals surface area contributed by atoms with Crippen LogP contribution in [0.3, 0.4) is 0 Å². The SMILES string of the molecule is CCCCCCCCCCCCC/C=C/C(O)C(COP(=O)(O)OCCN)NC(=O)CCCCCCCCCCC. The topological polar surface area (TPSA) is 131 Å². The maximum absolute atomic E-state index is 12.6. The number of phosphoric acid groups is 1. The molecule has 1 amide bonds. The number of amides is 1. The summed E-state index contributed by atoms with van der Waals surface area (Å²) >= 11 is 0. The number of aliphatic hydroxyl groups excluding tert-OH is 1. The summed E-state index contributed by atoms with van der Waals surface area (Å²) in [5, 5.41) is 13.5. The van der Waals surface area contributed by atoms with Gasteiger partial charge in [-0.1, -0.05) is 142 Å². The second kappa shape index (κ2) is 29.3. The molecule has 3 unspecified atom stereocenters. The van der Waals surface area contributed by atoms with Crippen molar-refractivity contribution in [2.45, 2.75) is 167 Å². The van der Waals surface area contributed by atoms with Gasteiger partial charge in [-0.3, -0.25) is 13.8 Å². The molecule has 0 rings (SSSR count). The molecule has 41 heavy (non-hydrogen) atoms. The predicted molar refractivity (Wildman–Crippen MR) is 171 cm³/mol. The average molecular weight is 605 g/mol. The third-order valence-corrected chi connectivity index (χ3v) is 8.35. The number of nitrogens with one attached hydrogen (secondary N) is 1. The van der Waals surface area contributed by atoms with E-state index >= 15 is 0 Å². The van der Waals surface area contributed by atoms with Crippen molar-refractivity contribution < 1.29 is 28.4 Å². The molecule has 0 bridgehead atoms. The standard InChI is InChI=1S/C32H65N2O6P/c1-3-5-7-9-11-13-14-15-16-18-19-21-23-25-31(35)30(29-40-41(37,38)39-28-27-33)34-32(36)26-24-22-20-17-12-10-8-6-4-2/h23,25,30-31,35H,3-22,24,26-29,33H2,1-2H3,(H,34,36)(H,37,38)/b25-23+. The molecule has 0 aromatic heterocycles. The van der Waals surface area contributed by atoms with E-state index in [0.717, 1.165) is 38.5 Å². The van der Waals surface area contributed by atoms with E-state index in [-0.39, 0.29) is 25.7 Å². The molecule has 9 heteroatoms. The molecular formula is C32H65N2O6P. The monoisotopic (exact) mass is 604 g/mol. The molecule has 0 aliphatic heterocycles. The number of hydrogen-bond donors (Lipinski definition) is 4. The lowest BCUT2D eigenvalue weighted by Gasteiger charge is -2.23. The van der Waals surface area contributed by atoms with E-state index in [1.54, 1.807) is 6.08 Å². The van der Waals surface area contributed by atoms with Crippen molar-refractivity contribution in [3.05, 3.63) is 12.2 Å². The highest BCUT2D eigenvalue weighted by Crippen LogP contribution is 2.43. The highest BCUT2D eigenvalue weighted by atomic mass is 31.2. The number of nitrogens with two attached hydrogens (primary N) is 1. The van der Waals surface area contributed by atoms with Crippen LogP contribution in [-0.2, 0) is 18.4 Å². The van der Waals surface area contributed by atoms with Gasteiger partial charge in [-0.2, -0.15) is 0 Å². The highest BCUT2D eigenvalue weighted by molar-refractivity contribution is 7.47. The Labute approximate surface area is 252 Å². The van der Waals surface area contributed by atoms with Crippen LogP contribution in [0.1, 0.15) is 155 Å². The second-order valence-electron chi connectivity index (χ2n) is 11.4. The first-order valence-electron chi connectivity index (χ1n) is 16.8. The van der Waals surface area contributed by atoms with Crippen LogP contribution >= 0.6 is 7.82 Å². The van der Waals surface area contributed by atoms with Crippen LogP contribution in [0.5, 0.6) is 0 Å². The lowest BCUT2D eigenvalue weighted by Crippen LogP contribution is -2.45. The number of carbonyl (C=O) groups is 1. The molecule has 5 N–H and O–H groups in total. The van der Waals surface area contributed by atoms with Gasteiger partial charge in [-0.05, 0) is 19.3 Å². The van der Waals surface area contributed by atoms with Crippen LogP contribution in [0.2, 0.25) is 0 Å². The van der Waals surface area contributed by atoms with E-state index < -0.39 is 20.0 Å². The Morgan fingerprint density at radius 1 is 0.780 bits per heavy atom. The lowest BCUT2D eigenvalue weighted by atomic mass is 10.0. The minimum Gasteiger partial charge on any atom is -0.387 e. The van der Waals surface area contributed by atoms with Gasteiger partial charge < -0.3 is 21.1 Å². The zero-order chi connectivity index (χ0) is 30.4. The zero-order valence-electron chi connectivity index (χ0n) is 26.5. The molecule has 0 fully saturated rings. The first kappa shape index (κ1) is 40.2. The number of carbonyl (C=O) groups excluding carboxylic acids is 1. The summed E-state index contributed by atoms with van der Waals surface area (Å²) in [6.45, 7) is 4.08. The molecule has 3 atom stereocenters. The second-order valence-corrected chi connectivity index (χ2v) is 12.8. The van der Waals surface area contributed by atoms with Crippen LogP contribution in [0, 0.1) is 0 Å². The van der Waals surface area contributed by atoms with Crippen molar-refractivity contribution in [2.75, 3.05) is 19.8 Å². The molecule has 0 aliphatic rings.